The molecule has 0 fully saturated rings. The van der Waals surface area contributed by atoms with Crippen LogP contribution in [0, 0.1) is 5.82 Å². The lowest BCUT2D eigenvalue weighted by Gasteiger charge is -2.17. The Morgan fingerprint density at radius 1 is 1.15 bits per heavy atom. The Bertz CT molecular complexity index is 566. The van der Waals surface area contributed by atoms with E-state index in [4.69, 9.17) is 4.74 Å². The van der Waals surface area contributed by atoms with E-state index in [0.717, 1.165) is 12.0 Å². The summed E-state index contributed by atoms with van der Waals surface area (Å²) in [6, 6.07) is 12.8. The maximum Gasteiger partial charge on any atom is 0.167 e. The second-order valence-electron chi connectivity index (χ2n) is 4.77. The van der Waals surface area contributed by atoms with E-state index in [1.807, 2.05) is 44.3 Å². The minimum Gasteiger partial charge on any atom is -0.454 e. The molecule has 0 radical (unpaired) electrons. The van der Waals surface area contributed by atoms with Gasteiger partial charge in [-0.1, -0.05) is 31.2 Å². The summed E-state index contributed by atoms with van der Waals surface area (Å²) in [4.78, 5) is 0. The van der Waals surface area contributed by atoms with Crippen molar-refractivity contribution >= 4 is 0 Å². The monoisotopic (exact) mass is 273 g/mol. The molecule has 20 heavy (non-hydrogen) atoms. The van der Waals surface area contributed by atoms with Crippen LogP contribution in [0.2, 0.25) is 0 Å². The van der Waals surface area contributed by atoms with Gasteiger partial charge in [0.15, 0.2) is 11.6 Å². The Balaban J connectivity index is 2.31. The molecule has 2 rings (SSSR count). The van der Waals surface area contributed by atoms with Gasteiger partial charge in [-0.2, -0.15) is 0 Å². The zero-order valence-electron chi connectivity index (χ0n) is 12.1. The summed E-state index contributed by atoms with van der Waals surface area (Å²) in [5.74, 6) is 0.597. The Hall–Kier alpha value is -1.87. The number of ether oxygens (including phenoxy) is 1. The highest BCUT2D eigenvalue weighted by molar-refractivity contribution is 5.41. The molecule has 0 bridgehead atoms. The molecule has 0 aliphatic heterocycles. The van der Waals surface area contributed by atoms with Crippen molar-refractivity contribution in [3.63, 3.8) is 0 Å². The molecule has 106 valence electrons. The SMILES string of the molecule is CCc1ccc(Oc2c(F)cccc2C(C)NC)cc1. The van der Waals surface area contributed by atoms with Gasteiger partial charge >= 0.3 is 0 Å². The number of halogens is 1. The molecule has 3 heteroatoms. The first-order valence-electron chi connectivity index (χ1n) is 6.88. The van der Waals surface area contributed by atoms with Gasteiger partial charge < -0.3 is 10.1 Å². The fourth-order valence-corrected chi connectivity index (χ4v) is 2.04. The highest BCUT2D eigenvalue weighted by Crippen LogP contribution is 2.32. The van der Waals surface area contributed by atoms with Gasteiger partial charge in [0.05, 0.1) is 0 Å². The highest BCUT2D eigenvalue weighted by atomic mass is 19.1. The van der Waals surface area contributed by atoms with Gasteiger partial charge in [0.1, 0.15) is 5.75 Å². The van der Waals surface area contributed by atoms with E-state index < -0.39 is 0 Å². The van der Waals surface area contributed by atoms with Gasteiger partial charge in [-0.25, -0.2) is 4.39 Å². The lowest BCUT2D eigenvalue weighted by molar-refractivity contribution is 0.428. The zero-order valence-corrected chi connectivity index (χ0v) is 12.1. The standard InChI is InChI=1S/C17H20FNO/c1-4-13-8-10-14(11-9-13)20-17-15(12(2)19-3)6-5-7-16(17)18/h5-12,19H,4H2,1-3H3. The quantitative estimate of drug-likeness (QED) is 0.868. The minimum absolute atomic E-state index is 0.0237. The van der Waals surface area contributed by atoms with Crippen molar-refractivity contribution in [2.24, 2.45) is 0 Å². The van der Waals surface area contributed by atoms with E-state index in [9.17, 15) is 4.39 Å². The predicted octanol–water partition coefficient (Wildman–Crippen LogP) is 4.46. The lowest BCUT2D eigenvalue weighted by Crippen LogP contribution is -2.13. The fourth-order valence-electron chi connectivity index (χ4n) is 2.04. The second-order valence-corrected chi connectivity index (χ2v) is 4.77. The maximum atomic E-state index is 14.0. The summed E-state index contributed by atoms with van der Waals surface area (Å²) in [6.45, 7) is 4.07. The summed E-state index contributed by atoms with van der Waals surface area (Å²) < 4.78 is 19.8. The van der Waals surface area contributed by atoms with Crippen molar-refractivity contribution in [2.75, 3.05) is 7.05 Å². The molecule has 0 aliphatic rings. The molecule has 1 atom stereocenters. The molecule has 2 nitrogen and oxygen atoms in total. The average Bonchev–Trinajstić information content (AvgIpc) is 2.49. The van der Waals surface area contributed by atoms with Crippen molar-refractivity contribution in [3.8, 4) is 11.5 Å². The van der Waals surface area contributed by atoms with Crippen molar-refractivity contribution < 1.29 is 9.13 Å². The molecule has 0 amide bonds. The summed E-state index contributed by atoms with van der Waals surface area (Å²) >= 11 is 0. The van der Waals surface area contributed by atoms with Crippen molar-refractivity contribution in [2.45, 2.75) is 26.3 Å². The Morgan fingerprint density at radius 3 is 2.45 bits per heavy atom. The molecule has 0 heterocycles. The van der Waals surface area contributed by atoms with Crippen LogP contribution in [0.15, 0.2) is 42.5 Å². The molecule has 0 saturated carbocycles. The van der Waals surface area contributed by atoms with Crippen molar-refractivity contribution in [1.82, 2.24) is 5.32 Å². The number of para-hydroxylation sites is 1. The predicted molar refractivity (Wildman–Crippen MR) is 79.8 cm³/mol. The van der Waals surface area contributed by atoms with Crippen molar-refractivity contribution in [1.29, 1.82) is 0 Å². The zero-order chi connectivity index (χ0) is 14.5. The Morgan fingerprint density at radius 2 is 1.85 bits per heavy atom. The number of rotatable bonds is 5. The second kappa shape index (κ2) is 6.53. The lowest BCUT2D eigenvalue weighted by atomic mass is 10.1. The molecule has 1 N–H and O–H groups in total. The third kappa shape index (κ3) is 3.17. The first kappa shape index (κ1) is 14.5. The number of hydrogen-bond donors (Lipinski definition) is 1. The van der Waals surface area contributed by atoms with Crippen LogP contribution in [0.3, 0.4) is 0 Å². The van der Waals surface area contributed by atoms with Crippen LogP contribution < -0.4 is 10.1 Å². The topological polar surface area (TPSA) is 21.3 Å². The van der Waals surface area contributed by atoms with Crippen LogP contribution in [-0.4, -0.2) is 7.05 Å². The number of nitrogens with one attached hydrogen (secondary N) is 1. The normalized spacial score (nSPS) is 12.2. The number of benzene rings is 2. The van der Waals surface area contributed by atoms with E-state index in [1.165, 1.54) is 11.6 Å². The molecule has 2 aromatic rings. The van der Waals surface area contributed by atoms with Gasteiger partial charge in [-0.15, -0.1) is 0 Å². The molecule has 0 spiro atoms. The Kier molecular flexibility index (Phi) is 4.74. The molecular weight excluding hydrogens is 253 g/mol. The molecular formula is C17H20FNO. The summed E-state index contributed by atoms with van der Waals surface area (Å²) in [5.41, 5.74) is 2.04. The summed E-state index contributed by atoms with van der Waals surface area (Å²) in [6.07, 6.45) is 0.974. The van der Waals surface area contributed by atoms with Crippen LogP contribution in [0.4, 0.5) is 4.39 Å². The molecule has 0 aliphatic carbocycles. The van der Waals surface area contributed by atoms with Gasteiger partial charge in [0, 0.05) is 11.6 Å². The molecule has 0 aromatic heterocycles. The van der Waals surface area contributed by atoms with Crippen LogP contribution in [-0.2, 0) is 6.42 Å². The largest absolute Gasteiger partial charge is 0.454 e. The van der Waals surface area contributed by atoms with E-state index in [2.05, 4.69) is 12.2 Å². The highest BCUT2D eigenvalue weighted by Gasteiger charge is 2.15. The third-order valence-corrected chi connectivity index (χ3v) is 3.45. The molecule has 1 unspecified atom stereocenters. The van der Waals surface area contributed by atoms with Gasteiger partial charge in [-0.05, 0) is 44.2 Å². The number of hydrogen-bond acceptors (Lipinski definition) is 2. The molecule has 0 saturated heterocycles. The first-order chi connectivity index (χ1) is 9.65. The van der Waals surface area contributed by atoms with Gasteiger partial charge in [0.25, 0.3) is 0 Å². The molecule has 2 aromatic carbocycles. The number of aryl methyl sites for hydroxylation is 1. The van der Waals surface area contributed by atoms with Gasteiger partial charge in [-0.3, -0.25) is 0 Å². The van der Waals surface area contributed by atoms with Crippen LogP contribution in [0.25, 0.3) is 0 Å². The third-order valence-electron chi connectivity index (χ3n) is 3.45. The average molecular weight is 273 g/mol. The maximum absolute atomic E-state index is 14.0. The van der Waals surface area contributed by atoms with Crippen molar-refractivity contribution in [3.05, 3.63) is 59.4 Å². The van der Waals surface area contributed by atoms with Crippen LogP contribution >= 0.6 is 0 Å². The smallest absolute Gasteiger partial charge is 0.167 e. The summed E-state index contributed by atoms with van der Waals surface area (Å²) in [5, 5.41) is 3.11. The Labute approximate surface area is 119 Å². The fraction of sp³-hybridized carbons (Fsp3) is 0.294. The van der Waals surface area contributed by atoms with E-state index in [-0.39, 0.29) is 11.9 Å². The summed E-state index contributed by atoms with van der Waals surface area (Å²) in [7, 11) is 1.84. The van der Waals surface area contributed by atoms with Crippen LogP contribution in [0.1, 0.15) is 31.0 Å². The van der Waals surface area contributed by atoms with E-state index >= 15 is 0 Å². The minimum atomic E-state index is -0.343. The van der Waals surface area contributed by atoms with Crippen LogP contribution in [0.5, 0.6) is 11.5 Å². The van der Waals surface area contributed by atoms with Gasteiger partial charge in [0.2, 0.25) is 0 Å². The van der Waals surface area contributed by atoms with E-state index in [1.54, 1.807) is 6.07 Å². The first-order valence-corrected chi connectivity index (χ1v) is 6.88. The van der Waals surface area contributed by atoms with E-state index in [0.29, 0.717) is 11.5 Å².